The minimum atomic E-state index is -0.398. The smallest absolute Gasteiger partial charge is 0.283 e. The van der Waals surface area contributed by atoms with E-state index in [1.165, 1.54) is 11.8 Å². The minimum absolute atomic E-state index is 0.133. The molecule has 0 bridgehead atoms. The average Bonchev–Trinajstić information content (AvgIpc) is 3.26. The van der Waals surface area contributed by atoms with E-state index in [9.17, 15) is 4.79 Å². The van der Waals surface area contributed by atoms with Crippen molar-refractivity contribution in [2.45, 2.75) is 6.42 Å². The molecule has 0 fully saturated rings. The number of thioether (sulfide) groups is 1. The highest BCUT2D eigenvalue weighted by molar-refractivity contribution is 8.16. The Morgan fingerprint density at radius 2 is 1.61 bits per heavy atom. The minimum Gasteiger partial charge on any atom is -0.497 e. The maximum atomic E-state index is 12.2. The molecule has 8 heteroatoms. The van der Waals surface area contributed by atoms with E-state index in [1.54, 1.807) is 29.7 Å². The highest BCUT2D eigenvalue weighted by atomic mass is 32.2. The predicted molar refractivity (Wildman–Crippen MR) is 122 cm³/mol. The molecule has 1 N–H and O–H groups in total. The molecule has 2 aromatic carbocycles. The number of carbonyl (C=O) groups is 1. The summed E-state index contributed by atoms with van der Waals surface area (Å²) in [7, 11) is 1.63. The lowest BCUT2D eigenvalue weighted by Gasteiger charge is -2.22. The number of aliphatic imine (C=N–C) groups is 1. The van der Waals surface area contributed by atoms with Crippen LogP contribution in [0.2, 0.25) is 0 Å². The van der Waals surface area contributed by atoms with Crippen molar-refractivity contribution in [3.8, 4) is 17.2 Å². The van der Waals surface area contributed by atoms with Gasteiger partial charge in [-0.2, -0.15) is 4.99 Å². The molecule has 0 aliphatic carbocycles. The summed E-state index contributed by atoms with van der Waals surface area (Å²) in [6, 6.07) is 14.8. The van der Waals surface area contributed by atoms with Crippen molar-refractivity contribution in [1.82, 2.24) is 4.90 Å². The second kappa shape index (κ2) is 9.53. The number of methoxy groups -OCH3 is 1. The quantitative estimate of drug-likeness (QED) is 0.491. The van der Waals surface area contributed by atoms with E-state index in [1.807, 2.05) is 48.5 Å². The molecule has 1 amide bonds. The van der Waals surface area contributed by atoms with Crippen LogP contribution >= 0.6 is 11.8 Å². The third-order valence-electron chi connectivity index (χ3n) is 4.59. The molecule has 0 unspecified atom stereocenters. The Morgan fingerprint density at radius 1 is 1.00 bits per heavy atom. The van der Waals surface area contributed by atoms with E-state index < -0.39 is 5.91 Å². The third-order valence-corrected chi connectivity index (χ3v) is 5.35. The van der Waals surface area contributed by atoms with Gasteiger partial charge in [0.1, 0.15) is 23.1 Å². The average molecular weight is 436 g/mol. The topological polar surface area (TPSA) is 84.2 Å². The number of nitrogens with zero attached hydrogens (tertiary/aromatic N) is 2. The van der Waals surface area contributed by atoms with E-state index in [0.29, 0.717) is 18.4 Å². The molecular formula is C23H21N3O4S. The van der Waals surface area contributed by atoms with Gasteiger partial charge in [0.25, 0.3) is 5.91 Å². The fourth-order valence-corrected chi connectivity index (χ4v) is 3.67. The number of benzene rings is 2. The van der Waals surface area contributed by atoms with Crippen molar-refractivity contribution >= 4 is 34.7 Å². The molecule has 2 aliphatic heterocycles. The van der Waals surface area contributed by atoms with Gasteiger partial charge in [0.15, 0.2) is 5.17 Å². The van der Waals surface area contributed by atoms with Crippen LogP contribution in [0, 0.1) is 5.41 Å². The number of carbonyl (C=O) groups excluding carboxylic acids is 1. The van der Waals surface area contributed by atoms with Gasteiger partial charge >= 0.3 is 0 Å². The second-order valence-electron chi connectivity index (χ2n) is 6.67. The van der Waals surface area contributed by atoms with Gasteiger partial charge in [-0.1, -0.05) is 23.9 Å². The Balaban J connectivity index is 1.26. The Morgan fingerprint density at radius 3 is 2.26 bits per heavy atom. The maximum absolute atomic E-state index is 12.2. The zero-order valence-corrected chi connectivity index (χ0v) is 17.7. The lowest BCUT2D eigenvalue weighted by Crippen LogP contribution is -2.35. The number of hydrogen-bond acceptors (Lipinski definition) is 6. The Labute approximate surface area is 184 Å². The lowest BCUT2D eigenvalue weighted by atomic mass is 10.1. The molecule has 31 heavy (non-hydrogen) atoms. The molecule has 158 valence electrons. The van der Waals surface area contributed by atoms with Crippen LogP contribution in [0.25, 0.3) is 6.08 Å². The molecule has 2 aromatic rings. The monoisotopic (exact) mass is 435 g/mol. The number of ether oxygens (including phenoxy) is 3. The highest BCUT2D eigenvalue weighted by Crippen LogP contribution is 2.27. The van der Waals surface area contributed by atoms with Crippen LogP contribution in [0.1, 0.15) is 12.0 Å². The molecule has 2 aliphatic rings. The summed E-state index contributed by atoms with van der Waals surface area (Å²) < 4.78 is 16.6. The molecule has 0 aromatic heterocycles. The lowest BCUT2D eigenvalue weighted by molar-refractivity contribution is -0.114. The van der Waals surface area contributed by atoms with Crippen LogP contribution in [0.4, 0.5) is 0 Å². The number of amides is 1. The molecule has 4 rings (SSSR count). The number of nitrogens with one attached hydrogen (secondary N) is 1. The van der Waals surface area contributed by atoms with E-state index in [-0.39, 0.29) is 11.4 Å². The number of hydrogen-bond donors (Lipinski definition) is 1. The normalized spacial score (nSPS) is 16.4. The van der Waals surface area contributed by atoms with E-state index in [4.69, 9.17) is 19.6 Å². The summed E-state index contributed by atoms with van der Waals surface area (Å²) in [5.41, 5.74) is 1.07. The van der Waals surface area contributed by atoms with Crippen LogP contribution in [0.5, 0.6) is 17.2 Å². The van der Waals surface area contributed by atoms with Gasteiger partial charge in [-0.05, 0) is 53.4 Å². The van der Waals surface area contributed by atoms with Crippen molar-refractivity contribution in [3.63, 3.8) is 0 Å². The Bertz CT molecular complexity index is 1060. The van der Waals surface area contributed by atoms with Crippen molar-refractivity contribution in [1.29, 1.82) is 5.41 Å². The molecule has 0 spiro atoms. The van der Waals surface area contributed by atoms with Crippen LogP contribution in [0.15, 0.2) is 70.7 Å². The standard InChI is InChI=1S/C23H21N3O4S/c1-28-17-7-9-19(10-8-17)30-13-2-12-29-18-5-3-16(4-6-18)15-20-21(24)26-11-14-31-23(26)25-22(20)27/h3-11,14-15,24H,2,12-13H2,1H3. The summed E-state index contributed by atoms with van der Waals surface area (Å²) >= 11 is 1.33. The SMILES string of the molecule is COc1ccc(OCCCOc2ccc(C=C3C(=N)N4C=CSC4=NC3=O)cc2)cc1. The molecule has 0 saturated carbocycles. The molecule has 0 saturated heterocycles. The summed E-state index contributed by atoms with van der Waals surface area (Å²) in [5, 5.41) is 10.6. The number of fused-ring (bicyclic) bond motifs is 1. The highest BCUT2D eigenvalue weighted by Gasteiger charge is 2.30. The van der Waals surface area contributed by atoms with Crippen LogP contribution in [-0.2, 0) is 4.79 Å². The summed E-state index contributed by atoms with van der Waals surface area (Å²) in [6.45, 7) is 1.07. The van der Waals surface area contributed by atoms with E-state index in [0.717, 1.165) is 29.2 Å². The van der Waals surface area contributed by atoms with Crippen LogP contribution in [0.3, 0.4) is 0 Å². The van der Waals surface area contributed by atoms with Gasteiger partial charge in [0, 0.05) is 12.6 Å². The zero-order valence-electron chi connectivity index (χ0n) is 16.9. The van der Waals surface area contributed by atoms with Crippen molar-refractivity contribution in [2.24, 2.45) is 4.99 Å². The van der Waals surface area contributed by atoms with Gasteiger partial charge in [0.2, 0.25) is 0 Å². The summed E-state index contributed by atoms with van der Waals surface area (Å²) in [6.07, 6.45) is 4.15. The van der Waals surface area contributed by atoms with Gasteiger partial charge in [-0.3, -0.25) is 15.1 Å². The molecule has 7 nitrogen and oxygen atoms in total. The summed E-state index contributed by atoms with van der Waals surface area (Å²) in [5.74, 6) is 2.05. The van der Waals surface area contributed by atoms with E-state index >= 15 is 0 Å². The molecule has 0 atom stereocenters. The molecule has 0 radical (unpaired) electrons. The maximum Gasteiger partial charge on any atom is 0.283 e. The fraction of sp³-hybridized carbons (Fsp3) is 0.174. The largest absolute Gasteiger partial charge is 0.497 e. The van der Waals surface area contributed by atoms with Crippen LogP contribution < -0.4 is 14.2 Å². The number of rotatable bonds is 8. The zero-order chi connectivity index (χ0) is 21.6. The van der Waals surface area contributed by atoms with E-state index in [2.05, 4.69) is 4.99 Å². The fourth-order valence-electron chi connectivity index (χ4n) is 2.97. The predicted octanol–water partition coefficient (Wildman–Crippen LogP) is 4.32. The van der Waals surface area contributed by atoms with Gasteiger partial charge in [-0.25, -0.2) is 0 Å². The van der Waals surface area contributed by atoms with Gasteiger partial charge in [0.05, 0.1) is 25.9 Å². The third kappa shape index (κ3) is 4.97. The molecule has 2 heterocycles. The van der Waals surface area contributed by atoms with Crippen LogP contribution in [-0.4, -0.2) is 42.1 Å². The second-order valence-corrected chi connectivity index (χ2v) is 7.55. The van der Waals surface area contributed by atoms with Gasteiger partial charge in [-0.15, -0.1) is 0 Å². The van der Waals surface area contributed by atoms with Crippen molar-refractivity contribution in [2.75, 3.05) is 20.3 Å². The number of amidine groups is 2. The first kappa shape index (κ1) is 20.7. The van der Waals surface area contributed by atoms with Gasteiger partial charge < -0.3 is 14.2 Å². The molecular weight excluding hydrogens is 414 g/mol. The first-order valence-electron chi connectivity index (χ1n) is 9.70. The van der Waals surface area contributed by atoms with Crippen molar-refractivity contribution < 1.29 is 19.0 Å². The first-order valence-corrected chi connectivity index (χ1v) is 10.6. The van der Waals surface area contributed by atoms with Crippen molar-refractivity contribution in [3.05, 3.63) is 71.3 Å². The summed E-state index contributed by atoms with van der Waals surface area (Å²) in [4.78, 5) is 17.9. The first-order chi connectivity index (χ1) is 15.1. The Hall–Kier alpha value is -3.52. The Kier molecular flexibility index (Phi) is 6.37.